The fourth-order valence-corrected chi connectivity index (χ4v) is 7.36. The van der Waals surface area contributed by atoms with Crippen LogP contribution >= 0.6 is 0 Å². The van der Waals surface area contributed by atoms with Crippen molar-refractivity contribution >= 4 is 23.9 Å². The van der Waals surface area contributed by atoms with Crippen LogP contribution in [0.15, 0.2) is 85.1 Å². The van der Waals surface area contributed by atoms with Gasteiger partial charge in [-0.15, -0.1) is 0 Å². The fraction of sp³-hybridized carbons (Fsp3) is 0.684. The van der Waals surface area contributed by atoms with Crippen LogP contribution in [0.4, 0.5) is 0 Å². The summed E-state index contributed by atoms with van der Waals surface area (Å²) >= 11 is 0. The predicted molar refractivity (Wildman–Crippen MR) is 275 cm³/mol. The number of hydrogen-bond acceptors (Lipinski definition) is 11. The number of allylic oxidation sites excluding steroid dienone is 13. The Labute approximate surface area is 416 Å². The molecular formula is C57H92O12. The Morgan fingerprint density at radius 2 is 0.971 bits per heavy atom. The molecule has 0 aromatic heterocycles. The van der Waals surface area contributed by atoms with Crippen LogP contribution in [-0.2, 0) is 42.9 Å². The van der Waals surface area contributed by atoms with Gasteiger partial charge in [0.05, 0.1) is 13.0 Å². The highest BCUT2D eigenvalue weighted by Crippen LogP contribution is 2.26. The zero-order chi connectivity index (χ0) is 50.4. The molecule has 6 unspecified atom stereocenters. The number of aliphatic hydroxyl groups is 2. The molecule has 1 rings (SSSR count). The summed E-state index contributed by atoms with van der Waals surface area (Å²) in [6.45, 7) is 5.68. The molecule has 12 nitrogen and oxygen atoms in total. The molecule has 1 aliphatic rings. The van der Waals surface area contributed by atoms with Crippen molar-refractivity contribution in [2.45, 2.75) is 237 Å². The fourth-order valence-electron chi connectivity index (χ4n) is 7.36. The lowest BCUT2D eigenvalue weighted by Gasteiger charge is -2.40. The number of carboxylic acids is 1. The van der Waals surface area contributed by atoms with Crippen molar-refractivity contribution in [2.24, 2.45) is 0 Å². The van der Waals surface area contributed by atoms with Crippen molar-refractivity contribution in [1.29, 1.82) is 0 Å². The van der Waals surface area contributed by atoms with Gasteiger partial charge in [0.2, 0.25) is 0 Å². The van der Waals surface area contributed by atoms with Crippen molar-refractivity contribution in [1.82, 2.24) is 0 Å². The second-order valence-corrected chi connectivity index (χ2v) is 17.8. The van der Waals surface area contributed by atoms with Gasteiger partial charge in [0, 0.05) is 12.8 Å². The Balaban J connectivity index is 2.80. The number of rotatable bonds is 43. The summed E-state index contributed by atoms with van der Waals surface area (Å²) in [5.74, 6) is -3.32. The number of carbonyl (C=O) groups is 4. The summed E-state index contributed by atoms with van der Waals surface area (Å²) in [4.78, 5) is 50.8. The summed E-state index contributed by atoms with van der Waals surface area (Å²) in [5, 5.41) is 31.3. The van der Waals surface area contributed by atoms with E-state index in [0.717, 1.165) is 103 Å². The number of aliphatic hydroxyl groups excluding tert-OH is 2. The van der Waals surface area contributed by atoms with Crippen molar-refractivity contribution < 1.29 is 58.2 Å². The molecule has 1 aliphatic heterocycles. The van der Waals surface area contributed by atoms with Crippen LogP contribution in [0.2, 0.25) is 0 Å². The van der Waals surface area contributed by atoms with E-state index in [0.29, 0.717) is 19.3 Å². The Bertz CT molecular complexity index is 1530. The van der Waals surface area contributed by atoms with Crippen molar-refractivity contribution in [2.75, 3.05) is 13.2 Å². The summed E-state index contributed by atoms with van der Waals surface area (Å²) < 4.78 is 28.1. The summed E-state index contributed by atoms with van der Waals surface area (Å²) in [5.41, 5.74) is 0. The molecule has 0 amide bonds. The number of unbranched alkanes of at least 4 members (excludes halogenated alkanes) is 16. The lowest BCUT2D eigenvalue weighted by molar-refractivity contribution is -0.301. The van der Waals surface area contributed by atoms with Crippen molar-refractivity contribution in [3.05, 3.63) is 85.1 Å². The lowest BCUT2D eigenvalue weighted by Crippen LogP contribution is -2.61. The molecule has 0 aliphatic carbocycles. The zero-order valence-corrected chi connectivity index (χ0v) is 42.8. The summed E-state index contributed by atoms with van der Waals surface area (Å²) in [7, 11) is 0. The highest BCUT2D eigenvalue weighted by atomic mass is 16.7. The third-order valence-corrected chi connectivity index (χ3v) is 11.5. The molecule has 6 atom stereocenters. The second kappa shape index (κ2) is 45.1. The molecule has 1 saturated heterocycles. The third-order valence-electron chi connectivity index (χ3n) is 11.5. The molecule has 1 heterocycles. The Kier molecular flexibility index (Phi) is 41.1. The van der Waals surface area contributed by atoms with Gasteiger partial charge >= 0.3 is 23.9 Å². The SMILES string of the molecule is CC/C=C\C/C=C\C/C=C\C/C=C\C/C=C\CC(=O)OCC(COC1OC(C(=O)O)C(O)C(O)C1OC(=O)CCCCCCC/C=C\CCCC)OC(=O)CCCCCCC/C=C\CCCCCC. The van der Waals surface area contributed by atoms with Crippen LogP contribution in [0.1, 0.15) is 201 Å². The van der Waals surface area contributed by atoms with Crippen LogP contribution in [-0.4, -0.2) is 89.2 Å². The molecule has 3 N–H and O–H groups in total. The molecule has 0 bridgehead atoms. The number of carboxylic acid groups (broad SMARTS) is 1. The molecule has 69 heavy (non-hydrogen) atoms. The maximum atomic E-state index is 13.1. The van der Waals surface area contributed by atoms with Crippen LogP contribution in [0.5, 0.6) is 0 Å². The van der Waals surface area contributed by atoms with Crippen molar-refractivity contribution in [3.8, 4) is 0 Å². The first-order chi connectivity index (χ1) is 33.6. The minimum Gasteiger partial charge on any atom is -0.479 e. The molecule has 392 valence electrons. The predicted octanol–water partition coefficient (Wildman–Crippen LogP) is 12.8. The highest BCUT2D eigenvalue weighted by molar-refractivity contribution is 5.74. The smallest absolute Gasteiger partial charge is 0.335 e. The van der Waals surface area contributed by atoms with E-state index < -0.39 is 67.3 Å². The van der Waals surface area contributed by atoms with E-state index in [1.54, 1.807) is 6.08 Å². The molecule has 0 aromatic rings. The average Bonchev–Trinajstić information content (AvgIpc) is 3.33. The molecule has 0 spiro atoms. The summed E-state index contributed by atoms with van der Waals surface area (Å²) in [6.07, 6.45) is 44.6. The van der Waals surface area contributed by atoms with E-state index in [9.17, 15) is 34.5 Å². The minimum atomic E-state index is -1.92. The lowest BCUT2D eigenvalue weighted by atomic mass is 9.98. The third kappa shape index (κ3) is 35.6. The maximum absolute atomic E-state index is 13.1. The van der Waals surface area contributed by atoms with Gasteiger partial charge in [0.25, 0.3) is 0 Å². The van der Waals surface area contributed by atoms with Gasteiger partial charge in [-0.1, -0.05) is 176 Å². The molecule has 12 heteroatoms. The standard InChI is InChI=1S/C57H92O12/c1-4-7-10-13-16-19-22-24-25-27-29-31-34-37-40-43-49(58)65-46-48(67-50(59)44-41-38-35-33-30-26-23-20-17-14-11-8-5-2)47-66-57-55(53(62)52(61)54(69-57)56(63)64)68-51(60)45-42-39-36-32-28-21-18-15-12-9-6-3/h7,10,15-16,18-20,23-25,29,31,37,40,48,52-55,57,61-62H,4-6,8-9,11-14,17,21-22,26-28,30,32-36,38-39,41-47H2,1-3H3,(H,63,64)/b10-7-,18-15-,19-16-,23-20-,25-24-,31-29-,40-37-. The Hall–Kier alpha value is -4.10. The minimum absolute atomic E-state index is 0.0194. The largest absolute Gasteiger partial charge is 0.479 e. The van der Waals surface area contributed by atoms with E-state index in [4.69, 9.17) is 23.7 Å². The first kappa shape index (κ1) is 62.9. The first-order valence-corrected chi connectivity index (χ1v) is 26.6. The molecular weight excluding hydrogens is 877 g/mol. The van der Waals surface area contributed by atoms with Crippen molar-refractivity contribution in [3.63, 3.8) is 0 Å². The van der Waals surface area contributed by atoms with Crippen LogP contribution in [0.3, 0.4) is 0 Å². The number of carbonyl (C=O) groups excluding carboxylic acids is 3. The number of esters is 3. The van der Waals surface area contributed by atoms with Crippen LogP contribution in [0, 0.1) is 0 Å². The normalized spacial score (nSPS) is 19.3. The molecule has 0 aromatic carbocycles. The number of aliphatic carboxylic acids is 1. The summed E-state index contributed by atoms with van der Waals surface area (Å²) in [6, 6.07) is 0. The van der Waals surface area contributed by atoms with Gasteiger partial charge < -0.3 is 39.0 Å². The van der Waals surface area contributed by atoms with Gasteiger partial charge in [0.15, 0.2) is 24.6 Å². The van der Waals surface area contributed by atoms with E-state index in [1.807, 2.05) is 12.2 Å². The zero-order valence-electron chi connectivity index (χ0n) is 42.8. The van der Waals surface area contributed by atoms with E-state index in [2.05, 4.69) is 87.6 Å². The number of hydrogen-bond donors (Lipinski definition) is 3. The van der Waals surface area contributed by atoms with Crippen LogP contribution in [0.25, 0.3) is 0 Å². The molecule has 0 radical (unpaired) electrons. The van der Waals surface area contributed by atoms with Gasteiger partial charge in [-0.05, 0) is 89.9 Å². The van der Waals surface area contributed by atoms with Gasteiger partial charge in [-0.25, -0.2) is 4.79 Å². The maximum Gasteiger partial charge on any atom is 0.335 e. The average molecular weight is 969 g/mol. The van der Waals surface area contributed by atoms with Gasteiger partial charge in [0.1, 0.15) is 18.8 Å². The molecule has 0 saturated carbocycles. The topological polar surface area (TPSA) is 175 Å². The van der Waals surface area contributed by atoms with Gasteiger partial charge in [-0.2, -0.15) is 0 Å². The molecule has 1 fully saturated rings. The number of ether oxygens (including phenoxy) is 5. The second-order valence-electron chi connectivity index (χ2n) is 17.8. The van der Waals surface area contributed by atoms with E-state index in [1.165, 1.54) is 38.5 Å². The van der Waals surface area contributed by atoms with Gasteiger partial charge in [-0.3, -0.25) is 14.4 Å². The quantitative estimate of drug-likeness (QED) is 0.0229. The highest BCUT2D eigenvalue weighted by Gasteiger charge is 2.50. The van der Waals surface area contributed by atoms with E-state index >= 15 is 0 Å². The Morgan fingerprint density at radius 3 is 1.49 bits per heavy atom. The Morgan fingerprint density at radius 1 is 0.507 bits per heavy atom. The van der Waals surface area contributed by atoms with Crippen LogP contribution < -0.4 is 0 Å². The van der Waals surface area contributed by atoms with E-state index in [-0.39, 0.29) is 25.9 Å². The monoisotopic (exact) mass is 969 g/mol. The first-order valence-electron chi connectivity index (χ1n) is 26.6.